The number of hydrogen-bond acceptors (Lipinski definition) is 1. The zero-order chi connectivity index (χ0) is 14.8. The molecule has 0 radical (unpaired) electrons. The van der Waals surface area contributed by atoms with E-state index in [1.165, 1.54) is 10.9 Å². The van der Waals surface area contributed by atoms with E-state index in [0.717, 1.165) is 22.1 Å². The van der Waals surface area contributed by atoms with Crippen LogP contribution < -0.4 is 0 Å². The van der Waals surface area contributed by atoms with E-state index in [0.29, 0.717) is 5.88 Å². The summed E-state index contributed by atoms with van der Waals surface area (Å²) in [4.78, 5) is 0. The van der Waals surface area contributed by atoms with Crippen molar-refractivity contribution in [3.05, 3.63) is 64.3 Å². The molecule has 0 aliphatic carbocycles. The van der Waals surface area contributed by atoms with Gasteiger partial charge >= 0.3 is 0 Å². The van der Waals surface area contributed by atoms with E-state index in [1.807, 2.05) is 23.9 Å². The number of alkyl halides is 1. The van der Waals surface area contributed by atoms with Crippen LogP contribution >= 0.6 is 27.5 Å². The van der Waals surface area contributed by atoms with Gasteiger partial charge in [-0.1, -0.05) is 52.3 Å². The highest BCUT2D eigenvalue weighted by molar-refractivity contribution is 9.10. The van der Waals surface area contributed by atoms with E-state index >= 15 is 0 Å². The minimum Gasteiger partial charge on any atom is -0.268 e. The van der Waals surface area contributed by atoms with Crippen molar-refractivity contribution in [1.29, 1.82) is 0 Å². The zero-order valence-corrected chi connectivity index (χ0v) is 14.1. The fourth-order valence-electron chi connectivity index (χ4n) is 2.73. The van der Waals surface area contributed by atoms with Gasteiger partial charge in [0.1, 0.15) is 0 Å². The summed E-state index contributed by atoms with van der Waals surface area (Å²) in [7, 11) is 1.99. The van der Waals surface area contributed by atoms with Crippen molar-refractivity contribution in [1.82, 2.24) is 9.78 Å². The average Bonchev–Trinajstić information content (AvgIpc) is 2.82. The lowest BCUT2D eigenvalue weighted by atomic mass is 9.95. The standard InChI is InChI=1S/C17H16BrClN2/c1-21-17-9-5-3-7-14(17)16(20-21)10-12(11-19)13-6-2-4-8-15(13)18/h2-9,12H,10-11H2,1H3. The van der Waals surface area contributed by atoms with Crippen LogP contribution in [0.5, 0.6) is 0 Å². The van der Waals surface area contributed by atoms with Gasteiger partial charge in [-0.25, -0.2) is 0 Å². The van der Waals surface area contributed by atoms with Crippen molar-refractivity contribution in [2.75, 3.05) is 5.88 Å². The molecule has 0 aliphatic rings. The van der Waals surface area contributed by atoms with E-state index < -0.39 is 0 Å². The predicted octanol–water partition coefficient (Wildman–Crippen LogP) is 4.90. The number of aromatic nitrogens is 2. The molecule has 2 aromatic carbocycles. The molecule has 1 aromatic heterocycles. The van der Waals surface area contributed by atoms with Crippen LogP contribution in [-0.4, -0.2) is 15.7 Å². The summed E-state index contributed by atoms with van der Waals surface area (Å²) < 4.78 is 3.05. The SMILES string of the molecule is Cn1nc(CC(CCl)c2ccccc2Br)c2ccccc21. The third kappa shape index (κ3) is 2.85. The second-order valence-electron chi connectivity index (χ2n) is 5.16. The molecule has 21 heavy (non-hydrogen) atoms. The van der Waals surface area contributed by atoms with Gasteiger partial charge < -0.3 is 0 Å². The molecule has 0 aliphatic heterocycles. The van der Waals surface area contributed by atoms with Crippen molar-refractivity contribution in [3.63, 3.8) is 0 Å². The van der Waals surface area contributed by atoms with Gasteiger partial charge in [0.15, 0.2) is 0 Å². The molecule has 1 unspecified atom stereocenters. The highest BCUT2D eigenvalue weighted by atomic mass is 79.9. The molecule has 0 spiro atoms. The molecular weight excluding hydrogens is 348 g/mol. The highest BCUT2D eigenvalue weighted by Crippen LogP contribution is 2.30. The van der Waals surface area contributed by atoms with E-state index in [-0.39, 0.29) is 5.92 Å². The van der Waals surface area contributed by atoms with Gasteiger partial charge in [-0.2, -0.15) is 5.10 Å². The van der Waals surface area contributed by atoms with Crippen molar-refractivity contribution in [3.8, 4) is 0 Å². The van der Waals surface area contributed by atoms with E-state index in [4.69, 9.17) is 11.6 Å². The summed E-state index contributed by atoms with van der Waals surface area (Å²) in [5.74, 6) is 0.827. The summed E-state index contributed by atoms with van der Waals surface area (Å²) in [5.41, 5.74) is 3.50. The smallest absolute Gasteiger partial charge is 0.0709 e. The maximum Gasteiger partial charge on any atom is 0.0709 e. The lowest BCUT2D eigenvalue weighted by Crippen LogP contribution is -2.06. The monoisotopic (exact) mass is 362 g/mol. The molecule has 2 nitrogen and oxygen atoms in total. The third-order valence-electron chi connectivity index (χ3n) is 3.81. The molecule has 1 heterocycles. The molecule has 1 atom stereocenters. The molecule has 0 saturated carbocycles. The van der Waals surface area contributed by atoms with Crippen LogP contribution in [0.3, 0.4) is 0 Å². The highest BCUT2D eigenvalue weighted by Gasteiger charge is 2.17. The number of hydrogen-bond donors (Lipinski definition) is 0. The molecule has 0 amide bonds. The van der Waals surface area contributed by atoms with Gasteiger partial charge in [0.25, 0.3) is 0 Å². The lowest BCUT2D eigenvalue weighted by Gasteiger charge is -2.15. The molecule has 4 heteroatoms. The fourth-order valence-corrected chi connectivity index (χ4v) is 3.61. The van der Waals surface area contributed by atoms with Crippen molar-refractivity contribution in [2.45, 2.75) is 12.3 Å². The number of nitrogens with zero attached hydrogens (tertiary/aromatic N) is 2. The van der Waals surface area contributed by atoms with Gasteiger partial charge in [-0.3, -0.25) is 4.68 Å². The third-order valence-corrected chi connectivity index (χ3v) is 4.90. The number of benzene rings is 2. The first kappa shape index (κ1) is 14.6. The number of rotatable bonds is 4. The summed E-state index contributed by atoms with van der Waals surface area (Å²) in [6.45, 7) is 0. The van der Waals surface area contributed by atoms with Crippen LogP contribution in [0.1, 0.15) is 17.2 Å². The molecule has 108 valence electrons. The second-order valence-corrected chi connectivity index (χ2v) is 6.33. The van der Waals surface area contributed by atoms with E-state index in [1.54, 1.807) is 0 Å². The van der Waals surface area contributed by atoms with Gasteiger partial charge in [-0.15, -0.1) is 11.6 Å². The van der Waals surface area contributed by atoms with Crippen LogP contribution in [-0.2, 0) is 13.5 Å². The largest absolute Gasteiger partial charge is 0.268 e. The first-order valence-corrected chi connectivity index (χ1v) is 8.24. The molecule has 0 saturated heterocycles. The van der Waals surface area contributed by atoms with E-state index in [9.17, 15) is 0 Å². The van der Waals surface area contributed by atoms with Crippen LogP contribution in [0.25, 0.3) is 10.9 Å². The number of para-hydroxylation sites is 1. The zero-order valence-electron chi connectivity index (χ0n) is 11.8. The minimum atomic E-state index is 0.251. The first-order chi connectivity index (χ1) is 10.2. The number of aryl methyl sites for hydroxylation is 1. The first-order valence-electron chi connectivity index (χ1n) is 6.91. The average molecular weight is 364 g/mol. The predicted molar refractivity (Wildman–Crippen MR) is 92.0 cm³/mol. The van der Waals surface area contributed by atoms with Crippen LogP contribution in [0.2, 0.25) is 0 Å². The Labute approximate surface area is 137 Å². The van der Waals surface area contributed by atoms with Crippen molar-refractivity contribution in [2.24, 2.45) is 7.05 Å². The Morgan fingerprint density at radius 2 is 1.86 bits per heavy atom. The fraction of sp³-hybridized carbons (Fsp3) is 0.235. The summed E-state index contributed by atoms with van der Waals surface area (Å²) >= 11 is 9.85. The Bertz CT molecular complexity index is 766. The molecule has 3 rings (SSSR count). The number of halogens is 2. The molecule has 0 fully saturated rings. The van der Waals surface area contributed by atoms with Gasteiger partial charge in [0.2, 0.25) is 0 Å². The topological polar surface area (TPSA) is 17.8 Å². The van der Waals surface area contributed by atoms with Crippen LogP contribution in [0, 0.1) is 0 Å². The Morgan fingerprint density at radius 1 is 1.14 bits per heavy atom. The summed E-state index contributed by atoms with van der Waals surface area (Å²) in [5, 5.41) is 5.89. The molecule has 3 aromatic rings. The maximum atomic E-state index is 6.23. The minimum absolute atomic E-state index is 0.251. The molecule has 0 bridgehead atoms. The lowest BCUT2D eigenvalue weighted by molar-refractivity contribution is 0.706. The Hall–Kier alpha value is -1.32. The molecule has 0 N–H and O–H groups in total. The maximum absolute atomic E-state index is 6.23. The summed E-state index contributed by atoms with van der Waals surface area (Å²) in [6.07, 6.45) is 0.841. The van der Waals surface area contributed by atoms with Crippen LogP contribution in [0.15, 0.2) is 53.0 Å². The second kappa shape index (κ2) is 6.20. The Kier molecular flexibility index (Phi) is 4.32. The quantitative estimate of drug-likeness (QED) is 0.603. The van der Waals surface area contributed by atoms with Crippen LogP contribution in [0.4, 0.5) is 0 Å². The van der Waals surface area contributed by atoms with Crippen molar-refractivity contribution >= 4 is 38.4 Å². The Balaban J connectivity index is 1.99. The van der Waals surface area contributed by atoms with Gasteiger partial charge in [0.05, 0.1) is 11.2 Å². The molecular formula is C17H16BrClN2. The Morgan fingerprint density at radius 3 is 2.62 bits per heavy atom. The number of fused-ring (bicyclic) bond motifs is 1. The van der Waals surface area contributed by atoms with E-state index in [2.05, 4.69) is 57.4 Å². The van der Waals surface area contributed by atoms with Gasteiger partial charge in [-0.05, 0) is 17.7 Å². The van der Waals surface area contributed by atoms with Crippen molar-refractivity contribution < 1.29 is 0 Å². The summed E-state index contributed by atoms with van der Waals surface area (Å²) in [6, 6.07) is 16.6. The normalized spacial score (nSPS) is 12.7. The van der Waals surface area contributed by atoms with Gasteiger partial charge in [0, 0.05) is 35.1 Å².